The Labute approximate surface area is 211 Å². The standard InChI is InChI=1S/C26H37N3O7/c1-17(30)26(27,16-19-8-6-5-7-9-19)29(24(34)35)22(28-23(33)36-25(2,3)4)21(32)15-12-18-10-13-20(31)14-11-18/h5-11,13-14,17,21-22,30-32H,12,15-16,27H2,1-4H3,(H,28,33)(H,34,35). The third-order valence-electron chi connectivity index (χ3n) is 5.68. The van der Waals surface area contributed by atoms with Crippen LogP contribution >= 0.6 is 0 Å². The minimum absolute atomic E-state index is 0.0379. The average molecular weight is 504 g/mol. The Kier molecular flexibility index (Phi) is 9.69. The van der Waals surface area contributed by atoms with Crippen LogP contribution in [0.4, 0.5) is 9.59 Å². The number of nitrogens with zero attached hydrogens (tertiary/aromatic N) is 1. The molecule has 2 aromatic carbocycles. The number of hydrogen-bond donors (Lipinski definition) is 6. The zero-order chi connectivity index (χ0) is 27.1. The molecule has 0 aliphatic rings. The Morgan fingerprint density at radius 2 is 1.61 bits per heavy atom. The number of rotatable bonds is 10. The quantitative estimate of drug-likeness (QED) is 0.269. The first-order valence-electron chi connectivity index (χ1n) is 11.7. The zero-order valence-electron chi connectivity index (χ0n) is 21.1. The molecule has 0 fully saturated rings. The van der Waals surface area contributed by atoms with Gasteiger partial charge < -0.3 is 30.9 Å². The number of carbonyl (C=O) groups is 2. The van der Waals surface area contributed by atoms with E-state index >= 15 is 0 Å². The molecular formula is C26H37N3O7. The number of carboxylic acid groups (broad SMARTS) is 1. The summed E-state index contributed by atoms with van der Waals surface area (Å²) >= 11 is 0. The van der Waals surface area contributed by atoms with Crippen LogP contribution in [-0.2, 0) is 17.6 Å². The van der Waals surface area contributed by atoms with Crippen LogP contribution in [0.2, 0.25) is 0 Å². The summed E-state index contributed by atoms with van der Waals surface area (Å²) in [5.41, 5.74) is 5.19. The first-order chi connectivity index (χ1) is 16.7. The summed E-state index contributed by atoms with van der Waals surface area (Å²) in [6.07, 6.45) is -6.56. The normalized spacial score (nSPS) is 15.8. The topological polar surface area (TPSA) is 166 Å². The number of ether oxygens (including phenoxy) is 1. The number of hydrogen-bond acceptors (Lipinski definition) is 7. The van der Waals surface area contributed by atoms with E-state index in [0.717, 1.165) is 5.56 Å². The van der Waals surface area contributed by atoms with E-state index in [1.54, 1.807) is 63.2 Å². The maximum atomic E-state index is 12.7. The molecule has 2 rings (SSSR count). The summed E-state index contributed by atoms with van der Waals surface area (Å²) in [7, 11) is 0. The van der Waals surface area contributed by atoms with Crippen molar-refractivity contribution < 1.29 is 34.8 Å². The van der Waals surface area contributed by atoms with Crippen LogP contribution in [0.25, 0.3) is 0 Å². The third kappa shape index (κ3) is 8.11. The highest BCUT2D eigenvalue weighted by Gasteiger charge is 2.47. The van der Waals surface area contributed by atoms with Gasteiger partial charge in [-0.25, -0.2) is 9.59 Å². The molecule has 0 aliphatic carbocycles. The van der Waals surface area contributed by atoms with Gasteiger partial charge >= 0.3 is 12.2 Å². The first kappa shape index (κ1) is 28.9. The van der Waals surface area contributed by atoms with E-state index in [1.807, 2.05) is 0 Å². The van der Waals surface area contributed by atoms with Gasteiger partial charge in [-0.1, -0.05) is 42.5 Å². The van der Waals surface area contributed by atoms with Gasteiger partial charge in [0.2, 0.25) is 0 Å². The lowest BCUT2D eigenvalue weighted by Crippen LogP contribution is -2.73. The van der Waals surface area contributed by atoms with Crippen molar-refractivity contribution in [3.8, 4) is 5.75 Å². The van der Waals surface area contributed by atoms with E-state index in [2.05, 4.69) is 5.32 Å². The number of aryl methyl sites for hydroxylation is 1. The number of amides is 2. The van der Waals surface area contributed by atoms with Gasteiger partial charge in [-0.2, -0.15) is 0 Å². The molecule has 2 aromatic rings. The van der Waals surface area contributed by atoms with Crippen molar-refractivity contribution in [2.24, 2.45) is 5.73 Å². The number of phenolic OH excluding ortho intramolecular Hbond substituents is 1. The molecule has 4 unspecified atom stereocenters. The highest BCUT2D eigenvalue weighted by atomic mass is 16.6. The predicted molar refractivity (Wildman–Crippen MR) is 134 cm³/mol. The van der Waals surface area contributed by atoms with Crippen LogP contribution in [0, 0.1) is 0 Å². The molecular weight excluding hydrogens is 466 g/mol. The maximum absolute atomic E-state index is 12.7. The highest BCUT2D eigenvalue weighted by Crippen LogP contribution is 2.25. The fourth-order valence-electron chi connectivity index (χ4n) is 3.81. The van der Waals surface area contributed by atoms with Crippen LogP contribution in [0.15, 0.2) is 54.6 Å². The number of benzene rings is 2. The molecule has 0 aliphatic heterocycles. The van der Waals surface area contributed by atoms with Crippen molar-refractivity contribution >= 4 is 12.2 Å². The lowest BCUT2D eigenvalue weighted by molar-refractivity contribution is -0.0714. The average Bonchev–Trinajstić information content (AvgIpc) is 2.77. The Balaban J connectivity index is 2.43. The second kappa shape index (κ2) is 12.1. The number of nitrogens with one attached hydrogen (secondary N) is 1. The molecule has 4 atom stereocenters. The molecule has 7 N–H and O–H groups in total. The number of alkyl carbamates (subject to hydrolysis) is 1. The summed E-state index contributed by atoms with van der Waals surface area (Å²) in [5, 5.41) is 44.0. The van der Waals surface area contributed by atoms with Gasteiger partial charge in [0.05, 0.1) is 12.2 Å². The second-order valence-electron chi connectivity index (χ2n) is 9.85. The van der Waals surface area contributed by atoms with E-state index in [4.69, 9.17) is 10.5 Å². The Hall–Kier alpha value is -3.34. The monoisotopic (exact) mass is 503 g/mol. The molecule has 0 saturated heterocycles. The van der Waals surface area contributed by atoms with Gasteiger partial charge in [-0.15, -0.1) is 0 Å². The number of aromatic hydroxyl groups is 1. The number of nitrogens with two attached hydrogens (primary N) is 1. The van der Waals surface area contributed by atoms with Crippen molar-refractivity contribution in [3.63, 3.8) is 0 Å². The van der Waals surface area contributed by atoms with Crippen molar-refractivity contribution in [1.29, 1.82) is 0 Å². The van der Waals surface area contributed by atoms with Crippen molar-refractivity contribution in [1.82, 2.24) is 10.2 Å². The molecule has 0 aromatic heterocycles. The second-order valence-corrected chi connectivity index (χ2v) is 9.85. The van der Waals surface area contributed by atoms with Crippen LogP contribution < -0.4 is 11.1 Å². The van der Waals surface area contributed by atoms with E-state index in [-0.39, 0.29) is 18.6 Å². The van der Waals surface area contributed by atoms with E-state index in [0.29, 0.717) is 16.9 Å². The van der Waals surface area contributed by atoms with Gasteiger partial charge in [0.15, 0.2) is 0 Å². The summed E-state index contributed by atoms with van der Waals surface area (Å²) in [5.74, 6) is 0.0894. The van der Waals surface area contributed by atoms with Gasteiger partial charge in [-0.3, -0.25) is 10.2 Å². The smallest absolute Gasteiger partial charge is 0.410 e. The molecule has 10 heteroatoms. The minimum Gasteiger partial charge on any atom is -0.508 e. The maximum Gasteiger partial charge on any atom is 0.410 e. The molecule has 10 nitrogen and oxygen atoms in total. The van der Waals surface area contributed by atoms with E-state index in [1.165, 1.54) is 19.1 Å². The summed E-state index contributed by atoms with van der Waals surface area (Å²) < 4.78 is 5.30. The van der Waals surface area contributed by atoms with Crippen LogP contribution in [0.1, 0.15) is 45.2 Å². The summed E-state index contributed by atoms with van der Waals surface area (Å²) in [6.45, 7) is 6.30. The zero-order valence-corrected chi connectivity index (χ0v) is 21.1. The predicted octanol–water partition coefficient (Wildman–Crippen LogP) is 2.79. The summed E-state index contributed by atoms with van der Waals surface area (Å²) in [6, 6.07) is 15.1. The van der Waals surface area contributed by atoms with Gasteiger partial charge in [0.25, 0.3) is 0 Å². The molecule has 0 saturated carbocycles. The summed E-state index contributed by atoms with van der Waals surface area (Å²) in [4.78, 5) is 25.9. The van der Waals surface area contributed by atoms with Gasteiger partial charge in [-0.05, 0) is 63.8 Å². The molecule has 0 bridgehead atoms. The molecule has 2 amide bonds. The van der Waals surface area contributed by atoms with Crippen LogP contribution in [0.3, 0.4) is 0 Å². The number of phenols is 1. The number of aliphatic hydroxyl groups is 2. The lowest BCUT2D eigenvalue weighted by atomic mass is 9.92. The Morgan fingerprint density at radius 1 is 1.03 bits per heavy atom. The minimum atomic E-state index is -1.91. The largest absolute Gasteiger partial charge is 0.508 e. The van der Waals surface area contributed by atoms with Gasteiger partial charge in [0.1, 0.15) is 23.2 Å². The van der Waals surface area contributed by atoms with Crippen molar-refractivity contribution in [3.05, 3.63) is 65.7 Å². The molecule has 198 valence electrons. The van der Waals surface area contributed by atoms with E-state index in [9.17, 15) is 30.0 Å². The van der Waals surface area contributed by atoms with Crippen molar-refractivity contribution in [2.45, 2.75) is 76.6 Å². The van der Waals surface area contributed by atoms with Crippen LogP contribution in [-0.4, -0.2) is 67.2 Å². The molecule has 0 radical (unpaired) electrons. The van der Waals surface area contributed by atoms with Gasteiger partial charge in [0, 0.05) is 6.42 Å². The molecule has 0 spiro atoms. The highest BCUT2D eigenvalue weighted by molar-refractivity contribution is 5.71. The van der Waals surface area contributed by atoms with E-state index < -0.39 is 41.8 Å². The fraction of sp³-hybridized carbons (Fsp3) is 0.462. The Morgan fingerprint density at radius 3 is 2.11 bits per heavy atom. The fourth-order valence-corrected chi connectivity index (χ4v) is 3.81. The number of aliphatic hydroxyl groups excluding tert-OH is 2. The lowest BCUT2D eigenvalue weighted by Gasteiger charge is -2.46. The van der Waals surface area contributed by atoms with Crippen LogP contribution in [0.5, 0.6) is 5.75 Å². The molecule has 36 heavy (non-hydrogen) atoms. The molecule has 0 heterocycles. The Bertz CT molecular complexity index is 993. The SMILES string of the molecule is CC(O)C(N)(Cc1ccccc1)N(C(=O)O)C(NC(=O)OC(C)(C)C)C(O)CCc1ccc(O)cc1. The number of carbonyl (C=O) groups excluding carboxylic acids is 1. The third-order valence-corrected chi connectivity index (χ3v) is 5.68. The first-order valence-corrected chi connectivity index (χ1v) is 11.7. The van der Waals surface area contributed by atoms with Crippen molar-refractivity contribution in [2.75, 3.05) is 0 Å².